The van der Waals surface area contributed by atoms with Gasteiger partial charge in [-0.15, -0.1) is 10.2 Å². The van der Waals surface area contributed by atoms with Crippen molar-refractivity contribution in [3.63, 3.8) is 0 Å². The maximum absolute atomic E-state index is 12.9. The third-order valence-corrected chi connectivity index (χ3v) is 5.14. The first-order valence-corrected chi connectivity index (χ1v) is 9.32. The Balaban J connectivity index is 1.75. The minimum absolute atomic E-state index is 0.126. The molecule has 3 aromatic rings. The molecule has 0 bridgehead atoms. The van der Waals surface area contributed by atoms with Gasteiger partial charge in [0.25, 0.3) is 5.91 Å². The lowest BCUT2D eigenvalue weighted by Crippen LogP contribution is -2.28. The van der Waals surface area contributed by atoms with E-state index in [0.717, 1.165) is 21.7 Å². The lowest BCUT2D eigenvalue weighted by molar-refractivity contribution is 0.0775. The Kier molecular flexibility index (Phi) is 5.91. The molecule has 0 fully saturated rings. The van der Waals surface area contributed by atoms with E-state index in [4.69, 9.17) is 4.74 Å². The number of carbonyl (C=O) groups excluding carboxylic acids is 1. The molecule has 0 atom stereocenters. The number of para-hydroxylation sites is 1. The maximum atomic E-state index is 12.9. The fraction of sp³-hybridized carbons (Fsp3) is 0.250. The zero-order valence-corrected chi connectivity index (χ0v) is 17.1. The Morgan fingerprint density at radius 1 is 1.15 bits per heavy atom. The van der Waals surface area contributed by atoms with Crippen molar-refractivity contribution in [3.05, 3.63) is 75.8 Å². The molecule has 0 radical (unpaired) electrons. The lowest BCUT2D eigenvalue weighted by atomic mass is 10.1. The van der Waals surface area contributed by atoms with Crippen LogP contribution in [0.1, 0.15) is 27.6 Å². The average molecular weight is 429 g/mol. The molecule has 0 saturated heterocycles. The second-order valence-corrected chi connectivity index (χ2v) is 7.11. The van der Waals surface area contributed by atoms with Gasteiger partial charge < -0.3 is 14.2 Å². The summed E-state index contributed by atoms with van der Waals surface area (Å²) in [6.07, 6.45) is 0. The summed E-state index contributed by atoms with van der Waals surface area (Å²) in [6.45, 7) is 2.62. The van der Waals surface area contributed by atoms with Crippen LogP contribution in [0.15, 0.2) is 53.0 Å². The largest absolute Gasteiger partial charge is 0.488 e. The van der Waals surface area contributed by atoms with Crippen molar-refractivity contribution in [2.75, 3.05) is 7.05 Å². The summed E-state index contributed by atoms with van der Waals surface area (Å²) in [5.41, 5.74) is 1.54. The van der Waals surface area contributed by atoms with Gasteiger partial charge in [-0.3, -0.25) is 4.79 Å². The van der Waals surface area contributed by atoms with Crippen LogP contribution in [0.25, 0.3) is 0 Å². The van der Waals surface area contributed by atoms with Crippen molar-refractivity contribution in [3.8, 4) is 5.75 Å². The van der Waals surface area contributed by atoms with E-state index in [1.54, 1.807) is 18.0 Å². The standard InChI is InChI=1S/C20H21BrN4O2/c1-14-22-23-19(25(14)3)12-24(2)20(26)16-9-5-7-11-18(16)27-13-15-8-4-6-10-17(15)21/h4-11H,12-13H2,1-3H3. The number of hydrogen-bond donors (Lipinski definition) is 0. The van der Waals surface area contributed by atoms with E-state index >= 15 is 0 Å². The molecule has 1 aromatic heterocycles. The van der Waals surface area contributed by atoms with Crippen LogP contribution >= 0.6 is 15.9 Å². The SMILES string of the molecule is Cc1nnc(CN(C)C(=O)c2ccccc2OCc2ccccc2Br)n1C. The van der Waals surface area contributed by atoms with Gasteiger partial charge in [0.1, 0.15) is 18.2 Å². The predicted octanol–water partition coefficient (Wildman–Crippen LogP) is 3.74. The highest BCUT2D eigenvalue weighted by Crippen LogP contribution is 2.23. The van der Waals surface area contributed by atoms with Gasteiger partial charge in [-0.05, 0) is 25.1 Å². The summed E-state index contributed by atoms with van der Waals surface area (Å²) < 4.78 is 8.79. The summed E-state index contributed by atoms with van der Waals surface area (Å²) in [5.74, 6) is 1.97. The first-order chi connectivity index (χ1) is 13.0. The van der Waals surface area contributed by atoms with Gasteiger partial charge in [-0.25, -0.2) is 0 Å². The van der Waals surface area contributed by atoms with Crippen LogP contribution in [0, 0.1) is 6.92 Å². The first-order valence-electron chi connectivity index (χ1n) is 8.53. The van der Waals surface area contributed by atoms with Gasteiger partial charge in [0.05, 0.1) is 12.1 Å². The van der Waals surface area contributed by atoms with Gasteiger partial charge >= 0.3 is 0 Å². The van der Waals surface area contributed by atoms with Crippen molar-refractivity contribution in [1.82, 2.24) is 19.7 Å². The number of rotatable bonds is 6. The Morgan fingerprint density at radius 2 is 1.85 bits per heavy atom. The Bertz CT molecular complexity index is 955. The number of aryl methyl sites for hydroxylation is 1. The molecule has 27 heavy (non-hydrogen) atoms. The Morgan fingerprint density at radius 3 is 2.56 bits per heavy atom. The van der Waals surface area contributed by atoms with Gasteiger partial charge in [-0.2, -0.15) is 0 Å². The van der Waals surface area contributed by atoms with Crippen LogP contribution < -0.4 is 4.74 Å². The number of carbonyl (C=O) groups is 1. The number of halogens is 1. The second kappa shape index (κ2) is 8.35. The van der Waals surface area contributed by atoms with Crippen LogP contribution in [0.5, 0.6) is 5.75 Å². The molecule has 2 aromatic carbocycles. The molecule has 140 valence electrons. The second-order valence-electron chi connectivity index (χ2n) is 6.26. The number of ether oxygens (including phenoxy) is 1. The molecule has 3 rings (SSSR count). The quantitative estimate of drug-likeness (QED) is 0.599. The number of benzene rings is 2. The van der Waals surface area contributed by atoms with Crippen LogP contribution in [0.4, 0.5) is 0 Å². The molecule has 7 heteroatoms. The smallest absolute Gasteiger partial charge is 0.257 e. The number of amides is 1. The van der Waals surface area contributed by atoms with E-state index in [9.17, 15) is 4.79 Å². The molecule has 1 amide bonds. The van der Waals surface area contributed by atoms with Crippen LogP contribution in [0.2, 0.25) is 0 Å². The third kappa shape index (κ3) is 4.36. The van der Waals surface area contributed by atoms with Gasteiger partial charge in [-0.1, -0.05) is 46.3 Å². The van der Waals surface area contributed by atoms with Crippen molar-refractivity contribution in [2.24, 2.45) is 7.05 Å². The van der Waals surface area contributed by atoms with Crippen molar-refractivity contribution in [2.45, 2.75) is 20.1 Å². The Labute approximate surface area is 166 Å². The van der Waals surface area contributed by atoms with E-state index < -0.39 is 0 Å². The zero-order chi connectivity index (χ0) is 19.4. The van der Waals surface area contributed by atoms with Gasteiger partial charge in [0.2, 0.25) is 0 Å². The summed E-state index contributed by atoms with van der Waals surface area (Å²) in [5, 5.41) is 8.16. The summed E-state index contributed by atoms with van der Waals surface area (Å²) >= 11 is 3.52. The molecule has 0 unspecified atom stereocenters. The highest BCUT2D eigenvalue weighted by atomic mass is 79.9. The molecule has 1 heterocycles. The van der Waals surface area contributed by atoms with E-state index in [1.165, 1.54) is 0 Å². The molecular weight excluding hydrogens is 408 g/mol. The molecule has 6 nitrogen and oxygen atoms in total. The molecule has 0 aliphatic carbocycles. The zero-order valence-electron chi connectivity index (χ0n) is 15.5. The molecule has 0 saturated carbocycles. The number of aromatic nitrogens is 3. The van der Waals surface area contributed by atoms with Gasteiger partial charge in [0.15, 0.2) is 5.82 Å². The topological polar surface area (TPSA) is 60.3 Å². The average Bonchev–Trinajstić information content (AvgIpc) is 2.99. The number of nitrogens with zero attached hydrogens (tertiary/aromatic N) is 4. The summed E-state index contributed by atoms with van der Waals surface area (Å²) in [7, 11) is 3.63. The van der Waals surface area contributed by atoms with Crippen LogP contribution in [0.3, 0.4) is 0 Å². The Hall–Kier alpha value is -2.67. The van der Waals surface area contributed by atoms with Crippen molar-refractivity contribution in [1.29, 1.82) is 0 Å². The van der Waals surface area contributed by atoms with Crippen molar-refractivity contribution < 1.29 is 9.53 Å². The molecule has 0 N–H and O–H groups in total. The summed E-state index contributed by atoms with van der Waals surface area (Å²) in [6, 6.07) is 15.1. The fourth-order valence-electron chi connectivity index (χ4n) is 2.62. The minimum atomic E-state index is -0.126. The summed E-state index contributed by atoms with van der Waals surface area (Å²) in [4.78, 5) is 14.6. The highest BCUT2D eigenvalue weighted by Gasteiger charge is 2.19. The molecule has 0 aliphatic heterocycles. The van der Waals surface area contributed by atoms with Crippen LogP contribution in [-0.4, -0.2) is 32.6 Å². The molecular formula is C20H21BrN4O2. The third-order valence-electron chi connectivity index (χ3n) is 4.37. The van der Waals surface area contributed by atoms with E-state index in [0.29, 0.717) is 24.5 Å². The van der Waals surface area contributed by atoms with Crippen molar-refractivity contribution >= 4 is 21.8 Å². The van der Waals surface area contributed by atoms with E-state index in [2.05, 4.69) is 26.1 Å². The first kappa shape index (κ1) is 19.1. The normalized spacial score (nSPS) is 10.7. The van der Waals surface area contributed by atoms with Gasteiger partial charge in [0, 0.05) is 24.1 Å². The fourth-order valence-corrected chi connectivity index (χ4v) is 3.02. The molecule has 0 aliphatic rings. The van der Waals surface area contributed by atoms with Crippen LogP contribution in [-0.2, 0) is 20.2 Å². The predicted molar refractivity (Wildman–Crippen MR) is 106 cm³/mol. The van der Waals surface area contributed by atoms with E-state index in [-0.39, 0.29) is 5.91 Å². The maximum Gasteiger partial charge on any atom is 0.257 e. The monoisotopic (exact) mass is 428 g/mol. The lowest BCUT2D eigenvalue weighted by Gasteiger charge is -2.19. The van der Waals surface area contributed by atoms with E-state index in [1.807, 2.05) is 61.0 Å². The number of hydrogen-bond acceptors (Lipinski definition) is 4. The highest BCUT2D eigenvalue weighted by molar-refractivity contribution is 9.10. The molecule has 0 spiro atoms. The minimum Gasteiger partial charge on any atom is -0.488 e.